The summed E-state index contributed by atoms with van der Waals surface area (Å²) in [5, 5.41) is 10.1. The minimum absolute atomic E-state index is 1.14. The molecular formula is C42H27NS. The number of hydrogen-bond donors (Lipinski definition) is 0. The summed E-state index contributed by atoms with van der Waals surface area (Å²) in [5.41, 5.74) is 5.97. The quantitative estimate of drug-likeness (QED) is 0.201. The van der Waals surface area contributed by atoms with Crippen LogP contribution in [0, 0.1) is 0 Å². The largest absolute Gasteiger partial charge is 0.309 e. The highest BCUT2D eigenvalue weighted by atomic mass is 32.1. The zero-order valence-corrected chi connectivity index (χ0v) is 24.8. The highest BCUT2D eigenvalue weighted by Gasteiger charge is 2.19. The Morgan fingerprint density at radius 3 is 1.91 bits per heavy atom. The topological polar surface area (TPSA) is 3.24 Å². The normalized spacial score (nSPS) is 11.6. The predicted molar refractivity (Wildman–Crippen MR) is 192 cm³/mol. The highest BCUT2D eigenvalue weighted by molar-refractivity contribution is 7.25. The van der Waals surface area contributed by atoms with Crippen LogP contribution in [0.25, 0.3) is 63.6 Å². The summed E-state index contributed by atoms with van der Waals surface area (Å²) in [6.45, 7) is 0. The van der Waals surface area contributed by atoms with Crippen LogP contribution >= 0.6 is 11.3 Å². The first-order valence-corrected chi connectivity index (χ1v) is 15.8. The molecule has 9 rings (SSSR count). The third kappa shape index (κ3) is 4.07. The zero-order chi connectivity index (χ0) is 29.0. The molecule has 0 radical (unpaired) electrons. The molecule has 44 heavy (non-hydrogen) atoms. The molecule has 9 aromatic rings. The van der Waals surface area contributed by atoms with Crippen molar-refractivity contribution in [3.05, 3.63) is 164 Å². The maximum atomic E-state index is 2.45. The Morgan fingerprint density at radius 2 is 1.02 bits per heavy atom. The Kier molecular flexibility index (Phi) is 5.75. The van der Waals surface area contributed by atoms with E-state index in [1.165, 1.54) is 75.0 Å². The Balaban J connectivity index is 1.29. The molecule has 0 saturated carbocycles. The van der Waals surface area contributed by atoms with Crippen LogP contribution in [0.15, 0.2) is 164 Å². The number of thiophene rings is 1. The van der Waals surface area contributed by atoms with Gasteiger partial charge < -0.3 is 4.90 Å². The van der Waals surface area contributed by atoms with E-state index in [2.05, 4.69) is 169 Å². The van der Waals surface area contributed by atoms with Gasteiger partial charge in [0.05, 0.1) is 11.4 Å². The fourth-order valence-electron chi connectivity index (χ4n) is 6.67. The lowest BCUT2D eigenvalue weighted by Crippen LogP contribution is -2.11. The molecule has 8 aromatic carbocycles. The zero-order valence-electron chi connectivity index (χ0n) is 23.9. The Labute approximate surface area is 259 Å². The lowest BCUT2D eigenvalue weighted by Gasteiger charge is -2.28. The van der Waals surface area contributed by atoms with Gasteiger partial charge in [0, 0.05) is 36.6 Å². The third-order valence-corrected chi connectivity index (χ3v) is 9.93. The average Bonchev–Trinajstić information content (AvgIpc) is 3.45. The molecule has 1 heterocycles. The molecule has 0 aliphatic carbocycles. The molecule has 1 aromatic heterocycles. The van der Waals surface area contributed by atoms with Gasteiger partial charge in [0.25, 0.3) is 0 Å². The van der Waals surface area contributed by atoms with Crippen molar-refractivity contribution in [2.24, 2.45) is 0 Å². The number of nitrogens with zero attached hydrogens (tertiary/aromatic N) is 1. The minimum atomic E-state index is 1.14. The van der Waals surface area contributed by atoms with E-state index in [1.807, 2.05) is 11.3 Å². The van der Waals surface area contributed by atoms with Gasteiger partial charge in [0.15, 0.2) is 0 Å². The molecule has 0 N–H and O–H groups in total. The van der Waals surface area contributed by atoms with Gasteiger partial charge in [0.1, 0.15) is 0 Å². The van der Waals surface area contributed by atoms with Gasteiger partial charge in [-0.15, -0.1) is 11.3 Å². The molecule has 0 amide bonds. The van der Waals surface area contributed by atoms with Crippen LogP contribution in [-0.4, -0.2) is 0 Å². The molecule has 0 aliphatic heterocycles. The second kappa shape index (κ2) is 10.1. The summed E-state index contributed by atoms with van der Waals surface area (Å²) < 4.78 is 2.64. The van der Waals surface area contributed by atoms with E-state index in [-0.39, 0.29) is 0 Å². The first kappa shape index (κ1) is 25.1. The van der Waals surface area contributed by atoms with Crippen LogP contribution in [0.4, 0.5) is 17.1 Å². The van der Waals surface area contributed by atoms with Gasteiger partial charge in [0.2, 0.25) is 0 Å². The van der Waals surface area contributed by atoms with Crippen LogP contribution in [0.3, 0.4) is 0 Å². The van der Waals surface area contributed by atoms with Crippen molar-refractivity contribution in [1.82, 2.24) is 0 Å². The van der Waals surface area contributed by atoms with Crippen LogP contribution in [0.1, 0.15) is 0 Å². The lowest BCUT2D eigenvalue weighted by atomic mass is 9.99. The molecule has 0 saturated heterocycles. The van der Waals surface area contributed by atoms with E-state index in [0.29, 0.717) is 0 Å². The summed E-state index contributed by atoms with van der Waals surface area (Å²) in [6.07, 6.45) is 0. The van der Waals surface area contributed by atoms with Crippen LogP contribution in [0.5, 0.6) is 0 Å². The fraction of sp³-hybridized carbons (Fsp3) is 0. The summed E-state index contributed by atoms with van der Waals surface area (Å²) in [7, 11) is 0. The first-order valence-electron chi connectivity index (χ1n) is 15.0. The summed E-state index contributed by atoms with van der Waals surface area (Å²) in [4.78, 5) is 2.45. The lowest BCUT2D eigenvalue weighted by molar-refractivity contribution is 1.32. The summed E-state index contributed by atoms with van der Waals surface area (Å²) in [6, 6.07) is 59.8. The standard InChI is InChI=1S/C42H27NS/c1-2-10-28(11-3-1)30-20-21-32-25-34(23-22-31(32)24-30)43(39-17-8-13-29-12-4-5-15-35(29)39)40-18-9-14-33-26-38-36-16-6-7-19-41(36)44-42(38)27-37(33)40/h1-27H. The molecule has 0 unspecified atom stereocenters. The van der Waals surface area contributed by atoms with Gasteiger partial charge in [-0.05, 0) is 81.2 Å². The molecule has 0 fully saturated rings. The van der Waals surface area contributed by atoms with Gasteiger partial charge in [-0.1, -0.05) is 115 Å². The molecule has 2 heteroatoms. The highest BCUT2D eigenvalue weighted by Crippen LogP contribution is 2.45. The van der Waals surface area contributed by atoms with Crippen molar-refractivity contribution >= 4 is 80.9 Å². The molecule has 0 aliphatic rings. The maximum Gasteiger partial charge on any atom is 0.0540 e. The van der Waals surface area contributed by atoms with Crippen molar-refractivity contribution in [3.63, 3.8) is 0 Å². The van der Waals surface area contributed by atoms with Gasteiger partial charge in [-0.3, -0.25) is 0 Å². The summed E-state index contributed by atoms with van der Waals surface area (Å²) in [5.74, 6) is 0. The maximum absolute atomic E-state index is 2.45. The SMILES string of the molecule is c1ccc(-c2ccc3cc(N(c4cccc5ccccc45)c4cccc5cc6c(cc45)sc4ccccc46)ccc3c2)cc1. The van der Waals surface area contributed by atoms with E-state index < -0.39 is 0 Å². The van der Waals surface area contributed by atoms with E-state index in [4.69, 9.17) is 0 Å². The van der Waals surface area contributed by atoms with Gasteiger partial charge in [-0.2, -0.15) is 0 Å². The Morgan fingerprint density at radius 1 is 0.341 bits per heavy atom. The molecular weight excluding hydrogens is 551 g/mol. The number of anilines is 3. The predicted octanol–water partition coefficient (Wildman–Crippen LogP) is 12.7. The third-order valence-electron chi connectivity index (χ3n) is 8.79. The number of hydrogen-bond acceptors (Lipinski definition) is 2. The van der Waals surface area contributed by atoms with Crippen LogP contribution in [0.2, 0.25) is 0 Å². The van der Waals surface area contributed by atoms with E-state index in [9.17, 15) is 0 Å². The fourth-order valence-corrected chi connectivity index (χ4v) is 7.80. The van der Waals surface area contributed by atoms with Crippen LogP contribution in [-0.2, 0) is 0 Å². The van der Waals surface area contributed by atoms with E-state index >= 15 is 0 Å². The average molecular weight is 578 g/mol. The molecule has 206 valence electrons. The molecule has 0 bridgehead atoms. The van der Waals surface area contributed by atoms with E-state index in [0.717, 1.165) is 5.69 Å². The van der Waals surface area contributed by atoms with Gasteiger partial charge >= 0.3 is 0 Å². The van der Waals surface area contributed by atoms with Crippen molar-refractivity contribution in [3.8, 4) is 11.1 Å². The van der Waals surface area contributed by atoms with Crippen molar-refractivity contribution in [1.29, 1.82) is 0 Å². The molecule has 0 atom stereocenters. The van der Waals surface area contributed by atoms with E-state index in [1.54, 1.807) is 0 Å². The smallest absolute Gasteiger partial charge is 0.0540 e. The van der Waals surface area contributed by atoms with Gasteiger partial charge in [-0.25, -0.2) is 0 Å². The monoisotopic (exact) mass is 577 g/mol. The van der Waals surface area contributed by atoms with Crippen LogP contribution < -0.4 is 4.90 Å². The minimum Gasteiger partial charge on any atom is -0.309 e. The number of rotatable bonds is 4. The number of benzene rings is 8. The second-order valence-electron chi connectivity index (χ2n) is 11.4. The number of fused-ring (bicyclic) bond motifs is 6. The Hall–Kier alpha value is -5.44. The first-order chi connectivity index (χ1) is 21.8. The molecule has 1 nitrogen and oxygen atoms in total. The molecule has 0 spiro atoms. The van der Waals surface area contributed by atoms with Crippen molar-refractivity contribution in [2.75, 3.05) is 4.90 Å². The van der Waals surface area contributed by atoms with Crippen molar-refractivity contribution in [2.45, 2.75) is 0 Å². The van der Waals surface area contributed by atoms with Crippen molar-refractivity contribution < 1.29 is 0 Å². The summed E-state index contributed by atoms with van der Waals surface area (Å²) >= 11 is 1.87. The Bertz CT molecular complexity index is 2500. The second-order valence-corrected chi connectivity index (χ2v) is 12.5.